The topological polar surface area (TPSA) is 100 Å². The second kappa shape index (κ2) is 16.3. The highest BCUT2D eigenvalue weighted by Gasteiger charge is 2.20. The van der Waals surface area contributed by atoms with Crippen LogP contribution in [-0.2, 0) is 4.74 Å². The maximum absolute atomic E-state index is 12.2. The molecule has 0 aliphatic carbocycles. The van der Waals surface area contributed by atoms with Gasteiger partial charge in [0.05, 0.1) is 6.61 Å². The largest absolute Gasteiger partial charge is 0.478 e. The third-order valence-corrected chi connectivity index (χ3v) is 5.64. The summed E-state index contributed by atoms with van der Waals surface area (Å²) in [4.78, 5) is 20.9. The summed E-state index contributed by atoms with van der Waals surface area (Å²) >= 11 is 0. The number of aromatic nitrogens is 1. The van der Waals surface area contributed by atoms with Crippen molar-refractivity contribution >= 4 is 23.9 Å². The van der Waals surface area contributed by atoms with Gasteiger partial charge in [0.1, 0.15) is 5.60 Å². The smallest absolute Gasteiger partial charge is 0.414 e. The highest BCUT2D eigenvalue weighted by atomic mass is 16.6. The van der Waals surface area contributed by atoms with E-state index in [9.17, 15) is 4.79 Å². The molecule has 1 heterocycles. The molecule has 0 spiro atoms. The molecule has 0 bridgehead atoms. The summed E-state index contributed by atoms with van der Waals surface area (Å²) < 4.78 is 11.2. The van der Waals surface area contributed by atoms with Crippen LogP contribution >= 0.6 is 0 Å². The first kappa shape index (κ1) is 29.7. The van der Waals surface area contributed by atoms with E-state index in [4.69, 9.17) is 15.0 Å². The number of benzene rings is 1. The van der Waals surface area contributed by atoms with Crippen LogP contribution < -0.4 is 9.64 Å². The normalized spacial score (nSPS) is 11.2. The Morgan fingerprint density at radius 1 is 0.946 bits per heavy atom. The fourth-order valence-corrected chi connectivity index (χ4v) is 3.58. The van der Waals surface area contributed by atoms with E-state index in [1.807, 2.05) is 69.3 Å². The molecule has 0 aliphatic rings. The molecule has 0 atom stereocenters. The monoisotopic (exact) mass is 507 g/mol. The second-order valence-corrected chi connectivity index (χ2v) is 10.0. The SMILES string of the molecule is CN(C(=O)OC(C)(C)C)c1ccc(/C=C/c2ccc(OCCCCCCCCCCN=[N+]=[N-])nc2)cc1. The first-order chi connectivity index (χ1) is 17.8. The lowest BCUT2D eigenvalue weighted by atomic mass is 10.1. The Morgan fingerprint density at radius 2 is 1.54 bits per heavy atom. The minimum atomic E-state index is -0.528. The number of unbranched alkanes of at least 4 members (excludes halogenated alkanes) is 7. The molecule has 0 unspecified atom stereocenters. The van der Waals surface area contributed by atoms with Crippen LogP contribution in [0.15, 0.2) is 47.7 Å². The van der Waals surface area contributed by atoms with E-state index < -0.39 is 5.60 Å². The van der Waals surface area contributed by atoms with Gasteiger partial charge in [-0.05, 0) is 68.5 Å². The molecule has 37 heavy (non-hydrogen) atoms. The van der Waals surface area contributed by atoms with Gasteiger partial charge < -0.3 is 9.47 Å². The molecule has 1 aromatic heterocycles. The molecule has 200 valence electrons. The lowest BCUT2D eigenvalue weighted by Crippen LogP contribution is -2.34. The average molecular weight is 508 g/mol. The van der Waals surface area contributed by atoms with E-state index in [1.165, 1.54) is 30.6 Å². The second-order valence-electron chi connectivity index (χ2n) is 10.0. The molecule has 1 aromatic carbocycles. The molecule has 0 fully saturated rings. The van der Waals surface area contributed by atoms with Crippen LogP contribution in [0, 0.1) is 0 Å². The van der Waals surface area contributed by atoms with Gasteiger partial charge in [0.2, 0.25) is 5.88 Å². The zero-order valence-electron chi connectivity index (χ0n) is 22.7. The Balaban J connectivity index is 1.65. The summed E-state index contributed by atoms with van der Waals surface area (Å²) in [5.41, 5.74) is 10.5. The molecular weight excluding hydrogens is 466 g/mol. The van der Waals surface area contributed by atoms with Gasteiger partial charge in [-0.3, -0.25) is 4.90 Å². The van der Waals surface area contributed by atoms with E-state index in [0.717, 1.165) is 42.5 Å². The number of hydrogen-bond acceptors (Lipinski definition) is 5. The predicted molar refractivity (Wildman–Crippen MR) is 151 cm³/mol. The summed E-state index contributed by atoms with van der Waals surface area (Å²) in [5, 5.41) is 3.56. The van der Waals surface area contributed by atoms with Crippen molar-refractivity contribution in [3.8, 4) is 5.88 Å². The van der Waals surface area contributed by atoms with E-state index in [-0.39, 0.29) is 6.09 Å². The number of rotatable bonds is 15. The number of azide groups is 1. The molecule has 2 rings (SSSR count). The number of nitrogens with zero attached hydrogens (tertiary/aromatic N) is 5. The highest BCUT2D eigenvalue weighted by Crippen LogP contribution is 2.19. The number of amides is 1. The van der Waals surface area contributed by atoms with Crippen molar-refractivity contribution in [3.63, 3.8) is 0 Å². The van der Waals surface area contributed by atoms with Gasteiger partial charge in [-0.25, -0.2) is 9.78 Å². The number of pyridine rings is 1. The first-order valence-corrected chi connectivity index (χ1v) is 13.1. The molecule has 1 amide bonds. The fourth-order valence-electron chi connectivity index (χ4n) is 3.58. The van der Waals surface area contributed by atoms with Gasteiger partial charge in [-0.15, -0.1) is 0 Å². The van der Waals surface area contributed by atoms with Crippen LogP contribution in [0.5, 0.6) is 5.88 Å². The zero-order valence-corrected chi connectivity index (χ0v) is 22.7. The number of hydrogen-bond donors (Lipinski definition) is 0. The fraction of sp³-hybridized carbons (Fsp3) is 0.517. The lowest BCUT2D eigenvalue weighted by Gasteiger charge is -2.24. The van der Waals surface area contributed by atoms with Crippen molar-refractivity contribution in [2.45, 2.75) is 77.7 Å². The maximum Gasteiger partial charge on any atom is 0.414 e. The van der Waals surface area contributed by atoms with E-state index in [0.29, 0.717) is 19.0 Å². The molecular formula is C29H41N5O3. The number of anilines is 1. The predicted octanol–water partition coefficient (Wildman–Crippen LogP) is 8.43. The Kier molecular flexibility index (Phi) is 13.1. The Bertz CT molecular complexity index is 1010. The summed E-state index contributed by atoms with van der Waals surface area (Å²) in [6.07, 6.45) is 14.6. The quantitative estimate of drug-likeness (QED) is 0.104. The van der Waals surface area contributed by atoms with Crippen molar-refractivity contribution in [3.05, 3.63) is 64.2 Å². The van der Waals surface area contributed by atoms with Crippen LogP contribution in [0.25, 0.3) is 22.6 Å². The van der Waals surface area contributed by atoms with Gasteiger partial charge >= 0.3 is 6.09 Å². The van der Waals surface area contributed by atoms with Crippen molar-refractivity contribution < 1.29 is 14.3 Å². The van der Waals surface area contributed by atoms with Crippen LogP contribution in [0.2, 0.25) is 0 Å². The van der Waals surface area contributed by atoms with E-state index in [2.05, 4.69) is 15.0 Å². The van der Waals surface area contributed by atoms with Gasteiger partial charge in [-0.1, -0.05) is 67.9 Å². The van der Waals surface area contributed by atoms with Crippen LogP contribution in [0.1, 0.15) is 83.3 Å². The van der Waals surface area contributed by atoms with E-state index >= 15 is 0 Å². The van der Waals surface area contributed by atoms with Crippen LogP contribution in [0.4, 0.5) is 10.5 Å². The van der Waals surface area contributed by atoms with Gasteiger partial charge in [-0.2, -0.15) is 0 Å². The Morgan fingerprint density at radius 3 is 2.14 bits per heavy atom. The van der Waals surface area contributed by atoms with Crippen molar-refractivity contribution in [1.82, 2.24) is 4.98 Å². The molecule has 0 N–H and O–H groups in total. The molecule has 0 radical (unpaired) electrons. The van der Waals surface area contributed by atoms with Crippen molar-refractivity contribution in [2.24, 2.45) is 5.11 Å². The average Bonchev–Trinajstić information content (AvgIpc) is 2.87. The van der Waals surface area contributed by atoms with E-state index in [1.54, 1.807) is 13.2 Å². The number of carbonyl (C=O) groups excluding carboxylic acids is 1. The molecule has 8 heteroatoms. The minimum Gasteiger partial charge on any atom is -0.478 e. The lowest BCUT2D eigenvalue weighted by molar-refractivity contribution is 0.0589. The van der Waals surface area contributed by atoms with Crippen molar-refractivity contribution in [2.75, 3.05) is 25.1 Å². The number of carbonyl (C=O) groups is 1. The Hall–Kier alpha value is -3.51. The Labute approximate surface area is 221 Å². The van der Waals surface area contributed by atoms with Crippen LogP contribution in [-0.4, -0.2) is 36.9 Å². The number of ether oxygens (including phenoxy) is 2. The minimum absolute atomic E-state index is 0.379. The zero-order chi connectivity index (χ0) is 26.9. The highest BCUT2D eigenvalue weighted by molar-refractivity contribution is 5.87. The third kappa shape index (κ3) is 12.8. The molecule has 8 nitrogen and oxygen atoms in total. The maximum atomic E-state index is 12.2. The summed E-state index contributed by atoms with van der Waals surface area (Å²) in [5.74, 6) is 0.645. The standard InChI is InChI=1S/C29H41N5O3/c1-29(2,3)37-28(35)34(4)26-18-15-24(16-19-26)13-14-25-17-20-27(31-23-25)36-22-12-10-8-6-5-7-9-11-21-32-33-30/h13-20,23H,5-12,21-22H2,1-4H3/b14-13+. The van der Waals surface area contributed by atoms with Crippen LogP contribution in [0.3, 0.4) is 0 Å². The van der Waals surface area contributed by atoms with Crippen molar-refractivity contribution in [1.29, 1.82) is 0 Å². The summed E-state index contributed by atoms with van der Waals surface area (Å²) in [6, 6.07) is 11.6. The third-order valence-electron chi connectivity index (χ3n) is 5.64. The van der Waals surface area contributed by atoms with Gasteiger partial charge in [0, 0.05) is 36.5 Å². The molecule has 2 aromatic rings. The molecule has 0 saturated heterocycles. The first-order valence-electron chi connectivity index (χ1n) is 13.1. The summed E-state index contributed by atoms with van der Waals surface area (Å²) in [6.45, 7) is 6.85. The van der Waals surface area contributed by atoms with Gasteiger partial charge in [0.15, 0.2) is 0 Å². The summed E-state index contributed by atoms with van der Waals surface area (Å²) in [7, 11) is 1.70. The molecule has 0 aliphatic heterocycles. The van der Waals surface area contributed by atoms with Gasteiger partial charge in [0.25, 0.3) is 0 Å². The molecule has 0 saturated carbocycles.